The number of nitrogens with one attached hydrogen (secondary N) is 2. The molecule has 1 aliphatic rings. The number of carbonyl (C=O) groups is 1. The fraction of sp³-hybridized carbons (Fsp3) is 0.235. The van der Waals surface area contributed by atoms with Crippen molar-refractivity contribution >= 4 is 23.5 Å². The van der Waals surface area contributed by atoms with Crippen LogP contribution in [0.25, 0.3) is 0 Å². The summed E-state index contributed by atoms with van der Waals surface area (Å²) in [6.07, 6.45) is 1.51. The van der Waals surface area contributed by atoms with Crippen molar-refractivity contribution in [3.63, 3.8) is 0 Å². The summed E-state index contributed by atoms with van der Waals surface area (Å²) in [5, 5.41) is 5.45. The summed E-state index contributed by atoms with van der Waals surface area (Å²) in [4.78, 5) is 12.1. The fourth-order valence-electron chi connectivity index (χ4n) is 2.78. The molecule has 0 saturated heterocycles. The summed E-state index contributed by atoms with van der Waals surface area (Å²) in [6.45, 7) is 0. The Kier molecular flexibility index (Phi) is 4.71. The van der Waals surface area contributed by atoms with Crippen LogP contribution in [0.2, 0.25) is 0 Å². The number of amides is 2. The second-order valence-electron chi connectivity index (χ2n) is 5.55. The van der Waals surface area contributed by atoms with Crippen LogP contribution in [0.15, 0.2) is 53.4 Å². The van der Waals surface area contributed by atoms with Gasteiger partial charge in [0.05, 0.1) is 0 Å². The number of benzene rings is 2. The highest BCUT2D eigenvalue weighted by Crippen LogP contribution is 2.37. The predicted molar refractivity (Wildman–Crippen MR) is 88.1 cm³/mol. The molecule has 3 rings (SSSR count). The second-order valence-corrected chi connectivity index (χ2v) is 6.69. The maximum Gasteiger partial charge on any atom is 0.446 e. The smallest absolute Gasteiger partial charge is 0.334 e. The summed E-state index contributed by atoms with van der Waals surface area (Å²) < 4.78 is 37.2. The van der Waals surface area contributed by atoms with Gasteiger partial charge in [-0.3, -0.25) is 0 Å². The SMILES string of the molecule is O=C(Nc1cccc(SC(F)(F)F)c1)NC1Cc2ccccc2C1. The van der Waals surface area contributed by atoms with E-state index in [1.807, 2.05) is 24.3 Å². The first-order valence-corrected chi connectivity index (χ1v) is 8.21. The number of thioether (sulfide) groups is 1. The standard InChI is InChI=1S/C17H15F3N2OS/c18-17(19,20)24-15-7-3-6-13(10-15)21-16(23)22-14-8-11-4-1-2-5-12(11)9-14/h1-7,10,14H,8-9H2,(H2,21,22,23). The Hall–Kier alpha value is -2.15. The molecule has 2 N–H and O–H groups in total. The lowest BCUT2D eigenvalue weighted by Crippen LogP contribution is -2.38. The van der Waals surface area contributed by atoms with Crippen LogP contribution in [0.3, 0.4) is 0 Å². The minimum atomic E-state index is -4.35. The van der Waals surface area contributed by atoms with Crippen molar-refractivity contribution in [2.45, 2.75) is 29.3 Å². The molecular weight excluding hydrogens is 337 g/mol. The van der Waals surface area contributed by atoms with Crippen molar-refractivity contribution in [1.29, 1.82) is 0 Å². The van der Waals surface area contributed by atoms with Gasteiger partial charge in [0.15, 0.2) is 0 Å². The molecule has 0 spiro atoms. The number of carbonyl (C=O) groups excluding carboxylic acids is 1. The van der Waals surface area contributed by atoms with Gasteiger partial charge in [-0.15, -0.1) is 0 Å². The lowest BCUT2D eigenvalue weighted by molar-refractivity contribution is -0.0328. The van der Waals surface area contributed by atoms with Crippen molar-refractivity contribution in [3.8, 4) is 0 Å². The van der Waals surface area contributed by atoms with E-state index < -0.39 is 11.5 Å². The van der Waals surface area contributed by atoms with E-state index in [1.54, 1.807) is 6.07 Å². The molecule has 3 nitrogen and oxygen atoms in total. The van der Waals surface area contributed by atoms with Gasteiger partial charge in [-0.25, -0.2) is 4.79 Å². The Morgan fingerprint density at radius 2 is 1.71 bits per heavy atom. The van der Waals surface area contributed by atoms with Crippen molar-refractivity contribution in [2.24, 2.45) is 0 Å². The zero-order valence-corrected chi connectivity index (χ0v) is 13.4. The van der Waals surface area contributed by atoms with Crippen LogP contribution in [0, 0.1) is 0 Å². The van der Waals surface area contributed by atoms with Crippen LogP contribution >= 0.6 is 11.8 Å². The van der Waals surface area contributed by atoms with Gasteiger partial charge in [-0.2, -0.15) is 13.2 Å². The second kappa shape index (κ2) is 6.76. The number of halogens is 3. The third-order valence-corrected chi connectivity index (χ3v) is 4.43. The van der Waals surface area contributed by atoms with E-state index in [-0.39, 0.29) is 22.7 Å². The van der Waals surface area contributed by atoms with Gasteiger partial charge in [-0.1, -0.05) is 30.3 Å². The normalized spacial score (nSPS) is 14.3. The summed E-state index contributed by atoms with van der Waals surface area (Å²) in [6, 6.07) is 13.3. The molecule has 24 heavy (non-hydrogen) atoms. The fourth-order valence-corrected chi connectivity index (χ4v) is 3.38. The van der Waals surface area contributed by atoms with Crippen LogP contribution in [0.5, 0.6) is 0 Å². The van der Waals surface area contributed by atoms with E-state index in [0.29, 0.717) is 5.69 Å². The lowest BCUT2D eigenvalue weighted by Gasteiger charge is -2.14. The number of hydrogen-bond acceptors (Lipinski definition) is 2. The van der Waals surface area contributed by atoms with E-state index in [1.165, 1.54) is 29.3 Å². The van der Waals surface area contributed by atoms with E-state index in [9.17, 15) is 18.0 Å². The number of urea groups is 1. The molecule has 0 heterocycles. The Labute approximate surface area is 141 Å². The Morgan fingerprint density at radius 1 is 1.04 bits per heavy atom. The average Bonchev–Trinajstić information content (AvgIpc) is 2.87. The van der Waals surface area contributed by atoms with Crippen LogP contribution < -0.4 is 10.6 Å². The molecule has 0 fully saturated rings. The molecule has 1 aliphatic carbocycles. The Morgan fingerprint density at radius 3 is 2.33 bits per heavy atom. The molecule has 2 aromatic carbocycles. The first-order valence-electron chi connectivity index (χ1n) is 7.39. The molecule has 0 atom stereocenters. The summed E-state index contributed by atoms with van der Waals surface area (Å²) in [5.41, 5.74) is -1.59. The first-order chi connectivity index (χ1) is 11.4. The topological polar surface area (TPSA) is 41.1 Å². The van der Waals surface area contributed by atoms with Gasteiger partial charge in [0, 0.05) is 16.6 Å². The van der Waals surface area contributed by atoms with Gasteiger partial charge in [0.25, 0.3) is 0 Å². The van der Waals surface area contributed by atoms with Crippen molar-refractivity contribution in [3.05, 3.63) is 59.7 Å². The Balaban J connectivity index is 1.57. The summed E-state index contributed by atoms with van der Waals surface area (Å²) >= 11 is -0.205. The van der Waals surface area contributed by atoms with Gasteiger partial charge in [0.1, 0.15) is 0 Å². The molecule has 2 aromatic rings. The largest absolute Gasteiger partial charge is 0.446 e. The number of hydrogen-bond donors (Lipinski definition) is 2. The average molecular weight is 352 g/mol. The molecule has 126 valence electrons. The number of anilines is 1. The predicted octanol–water partition coefficient (Wildman–Crippen LogP) is 4.59. The quantitative estimate of drug-likeness (QED) is 0.794. The minimum Gasteiger partial charge on any atom is -0.334 e. The van der Waals surface area contributed by atoms with Crippen LogP contribution in [-0.4, -0.2) is 17.6 Å². The van der Waals surface area contributed by atoms with Gasteiger partial charge in [-0.05, 0) is 53.9 Å². The van der Waals surface area contributed by atoms with Crippen molar-refractivity contribution < 1.29 is 18.0 Å². The zero-order valence-electron chi connectivity index (χ0n) is 12.6. The van der Waals surface area contributed by atoms with E-state index >= 15 is 0 Å². The zero-order chi connectivity index (χ0) is 17.2. The Bertz CT molecular complexity index is 724. The maximum absolute atomic E-state index is 12.4. The van der Waals surface area contributed by atoms with Gasteiger partial charge < -0.3 is 10.6 Å². The third-order valence-electron chi connectivity index (χ3n) is 3.71. The molecule has 7 heteroatoms. The highest BCUT2D eigenvalue weighted by atomic mass is 32.2. The third kappa shape index (κ3) is 4.44. The van der Waals surface area contributed by atoms with E-state index in [4.69, 9.17) is 0 Å². The monoisotopic (exact) mass is 352 g/mol. The summed E-state index contributed by atoms with van der Waals surface area (Å²) in [7, 11) is 0. The molecule has 0 saturated carbocycles. The number of alkyl halides is 3. The molecule has 0 bridgehead atoms. The van der Waals surface area contributed by atoms with Crippen LogP contribution in [-0.2, 0) is 12.8 Å². The molecular formula is C17H15F3N2OS. The van der Waals surface area contributed by atoms with Gasteiger partial charge in [0.2, 0.25) is 0 Å². The van der Waals surface area contributed by atoms with Crippen molar-refractivity contribution in [1.82, 2.24) is 5.32 Å². The molecule has 0 aliphatic heterocycles. The summed E-state index contributed by atoms with van der Waals surface area (Å²) in [5.74, 6) is 0. The lowest BCUT2D eigenvalue weighted by atomic mass is 10.1. The maximum atomic E-state index is 12.4. The molecule has 0 unspecified atom stereocenters. The van der Waals surface area contributed by atoms with E-state index in [0.717, 1.165) is 12.8 Å². The van der Waals surface area contributed by atoms with E-state index in [2.05, 4.69) is 10.6 Å². The highest BCUT2D eigenvalue weighted by Gasteiger charge is 2.29. The first kappa shape index (κ1) is 16.7. The van der Waals surface area contributed by atoms with Crippen LogP contribution in [0.1, 0.15) is 11.1 Å². The molecule has 0 aromatic heterocycles. The minimum absolute atomic E-state index is 0.00451. The molecule has 2 amide bonds. The highest BCUT2D eigenvalue weighted by molar-refractivity contribution is 8.00. The van der Waals surface area contributed by atoms with Crippen LogP contribution in [0.4, 0.5) is 23.7 Å². The van der Waals surface area contributed by atoms with Gasteiger partial charge >= 0.3 is 11.5 Å². The number of rotatable bonds is 3. The number of fused-ring (bicyclic) bond motifs is 1. The molecule has 0 radical (unpaired) electrons. The van der Waals surface area contributed by atoms with Crippen molar-refractivity contribution in [2.75, 3.05) is 5.32 Å².